The molecule has 1 saturated carbocycles. The smallest absolute Gasteiger partial charge is 0.332 e. The number of fused-ring (bicyclic) bond motifs is 1. The first-order chi connectivity index (χ1) is 17.1. The number of nitrogens with zero attached hydrogens (tertiary/aromatic N) is 3. The number of H-pyrrole nitrogens is 1. The third-order valence-electron chi connectivity index (χ3n) is 6.89. The minimum atomic E-state index is -0.538. The highest BCUT2D eigenvalue weighted by atomic mass is 32.1. The van der Waals surface area contributed by atoms with E-state index in [0.29, 0.717) is 28.7 Å². The zero-order valence-electron chi connectivity index (χ0n) is 21.2. The monoisotopic (exact) mass is 510 g/mol. The Balaban J connectivity index is 1.92. The molecule has 2 N–H and O–H groups in total. The van der Waals surface area contributed by atoms with Crippen LogP contribution in [0.5, 0.6) is 0 Å². The molecule has 0 amide bonds. The van der Waals surface area contributed by atoms with Gasteiger partial charge in [0.2, 0.25) is 0 Å². The average molecular weight is 511 g/mol. The van der Waals surface area contributed by atoms with Gasteiger partial charge in [0.1, 0.15) is 10.6 Å². The molecule has 190 valence electrons. The highest BCUT2D eigenvalue weighted by molar-refractivity contribution is 7.19. The number of aromatic nitrogens is 4. The van der Waals surface area contributed by atoms with Crippen molar-refractivity contribution in [1.29, 1.82) is 0 Å². The van der Waals surface area contributed by atoms with Gasteiger partial charge in [-0.15, -0.1) is 11.3 Å². The lowest BCUT2D eigenvalue weighted by Crippen LogP contribution is -2.40. The number of aliphatic hydroxyl groups is 1. The van der Waals surface area contributed by atoms with Crippen LogP contribution >= 0.6 is 11.3 Å². The van der Waals surface area contributed by atoms with Crippen LogP contribution in [0.2, 0.25) is 0 Å². The van der Waals surface area contributed by atoms with Gasteiger partial charge < -0.3 is 5.11 Å². The van der Waals surface area contributed by atoms with E-state index < -0.39 is 12.4 Å². The molecule has 0 radical (unpaired) electrons. The molecule has 0 aliphatic heterocycles. The Morgan fingerprint density at radius 3 is 2.53 bits per heavy atom. The van der Waals surface area contributed by atoms with E-state index in [2.05, 4.69) is 10.2 Å². The molecule has 1 aliphatic carbocycles. The van der Waals surface area contributed by atoms with Crippen molar-refractivity contribution in [3.8, 4) is 11.1 Å². The van der Waals surface area contributed by atoms with Crippen LogP contribution in [0.15, 0.2) is 21.7 Å². The van der Waals surface area contributed by atoms with Gasteiger partial charge in [0, 0.05) is 51.8 Å². The van der Waals surface area contributed by atoms with Crippen molar-refractivity contribution in [1.82, 2.24) is 19.3 Å². The second-order valence-electron chi connectivity index (χ2n) is 10.3. The Labute approximate surface area is 212 Å². The lowest BCUT2D eigenvalue weighted by atomic mass is 9.95. The van der Waals surface area contributed by atoms with Gasteiger partial charge in [0.25, 0.3) is 5.56 Å². The summed E-state index contributed by atoms with van der Waals surface area (Å²) in [5.41, 5.74) is 3.85. The fourth-order valence-electron chi connectivity index (χ4n) is 5.00. The standard InChI is InChI=1S/C27H31FN4O3S/c1-13(2)11-31-26-23(25(34)32(27(31)35)18-6-7-18)22(20-9-14(3)8-17(12-33)24(20)28)21(36-26)10-19-15(4)29-30-16(19)5/h8-9,13,18,33H,6-7,10-12H2,1-5H3,(H,29,30). The highest BCUT2D eigenvalue weighted by Crippen LogP contribution is 2.42. The molecule has 1 aromatic carbocycles. The van der Waals surface area contributed by atoms with Crippen LogP contribution in [-0.2, 0) is 19.6 Å². The highest BCUT2D eigenvalue weighted by Gasteiger charge is 2.32. The molecule has 3 aromatic heterocycles. The van der Waals surface area contributed by atoms with E-state index in [4.69, 9.17) is 0 Å². The molecule has 1 fully saturated rings. The van der Waals surface area contributed by atoms with E-state index in [1.807, 2.05) is 34.6 Å². The van der Waals surface area contributed by atoms with Gasteiger partial charge in [0.15, 0.2) is 0 Å². The molecule has 7 nitrogen and oxygen atoms in total. The number of aromatic amines is 1. The Hall–Kier alpha value is -3.04. The summed E-state index contributed by atoms with van der Waals surface area (Å²) in [5.74, 6) is -0.358. The summed E-state index contributed by atoms with van der Waals surface area (Å²) in [5, 5.41) is 17.5. The van der Waals surface area contributed by atoms with Gasteiger partial charge in [-0.3, -0.25) is 19.0 Å². The van der Waals surface area contributed by atoms with Gasteiger partial charge in [-0.2, -0.15) is 5.10 Å². The zero-order chi connectivity index (χ0) is 25.9. The Morgan fingerprint density at radius 1 is 1.22 bits per heavy atom. The van der Waals surface area contributed by atoms with Crippen molar-refractivity contribution >= 4 is 21.6 Å². The first-order valence-corrected chi connectivity index (χ1v) is 13.1. The van der Waals surface area contributed by atoms with Crippen LogP contribution in [0.4, 0.5) is 4.39 Å². The number of thiophene rings is 1. The van der Waals surface area contributed by atoms with E-state index in [0.717, 1.165) is 40.2 Å². The van der Waals surface area contributed by atoms with Crippen LogP contribution in [0.3, 0.4) is 0 Å². The predicted octanol–water partition coefficient (Wildman–Crippen LogP) is 4.75. The molecule has 4 aromatic rings. The Kier molecular flexibility index (Phi) is 6.24. The van der Waals surface area contributed by atoms with Crippen molar-refractivity contribution in [3.05, 3.63) is 71.7 Å². The van der Waals surface area contributed by atoms with Crippen LogP contribution in [0.1, 0.15) is 65.7 Å². The van der Waals surface area contributed by atoms with Crippen molar-refractivity contribution < 1.29 is 9.50 Å². The zero-order valence-corrected chi connectivity index (χ0v) is 22.1. The summed E-state index contributed by atoms with van der Waals surface area (Å²) < 4.78 is 18.9. The van der Waals surface area contributed by atoms with Crippen LogP contribution in [0, 0.1) is 32.5 Å². The van der Waals surface area contributed by atoms with E-state index in [-0.39, 0.29) is 34.3 Å². The number of aliphatic hydroxyl groups excluding tert-OH is 1. The number of rotatable bonds is 7. The van der Waals surface area contributed by atoms with Gasteiger partial charge in [-0.05, 0) is 51.2 Å². The van der Waals surface area contributed by atoms with E-state index >= 15 is 4.39 Å². The fraction of sp³-hybridized carbons (Fsp3) is 0.444. The topological polar surface area (TPSA) is 92.9 Å². The molecule has 3 heterocycles. The average Bonchev–Trinajstić information content (AvgIpc) is 3.51. The van der Waals surface area contributed by atoms with Crippen LogP contribution in [0.25, 0.3) is 21.3 Å². The SMILES string of the molecule is Cc1cc(CO)c(F)c(-c2c(Cc3c(C)n[nH]c3C)sc3c2c(=O)n(C2CC2)c(=O)n3CC(C)C)c1. The van der Waals surface area contributed by atoms with E-state index in [9.17, 15) is 14.7 Å². The van der Waals surface area contributed by atoms with Crippen molar-refractivity contribution in [3.63, 3.8) is 0 Å². The lowest BCUT2D eigenvalue weighted by Gasteiger charge is -2.14. The number of hydrogen-bond acceptors (Lipinski definition) is 5. The van der Waals surface area contributed by atoms with Crippen molar-refractivity contribution in [2.45, 2.75) is 73.1 Å². The second kappa shape index (κ2) is 9.12. The molecule has 9 heteroatoms. The Bertz CT molecular complexity index is 1580. The number of hydrogen-bond donors (Lipinski definition) is 2. The van der Waals surface area contributed by atoms with Crippen LogP contribution in [-0.4, -0.2) is 24.4 Å². The quantitative estimate of drug-likeness (QED) is 0.375. The van der Waals surface area contributed by atoms with E-state index in [1.165, 1.54) is 15.9 Å². The maximum absolute atomic E-state index is 15.8. The third kappa shape index (κ3) is 4.04. The summed E-state index contributed by atoms with van der Waals surface area (Å²) in [6.45, 7) is 9.79. The summed E-state index contributed by atoms with van der Waals surface area (Å²) in [6, 6.07) is 3.24. The maximum atomic E-state index is 15.8. The van der Waals surface area contributed by atoms with Crippen molar-refractivity contribution in [2.75, 3.05) is 0 Å². The van der Waals surface area contributed by atoms with Gasteiger partial charge >= 0.3 is 5.69 Å². The number of nitrogens with one attached hydrogen (secondary N) is 1. The first kappa shape index (κ1) is 24.6. The fourth-order valence-corrected chi connectivity index (χ4v) is 6.32. The third-order valence-corrected chi connectivity index (χ3v) is 8.10. The number of benzene rings is 1. The summed E-state index contributed by atoms with van der Waals surface area (Å²) in [7, 11) is 0. The minimum Gasteiger partial charge on any atom is -0.392 e. The number of aryl methyl sites for hydroxylation is 3. The molecule has 0 saturated heterocycles. The van der Waals surface area contributed by atoms with Gasteiger partial charge in [-0.1, -0.05) is 19.9 Å². The molecular weight excluding hydrogens is 479 g/mol. The lowest BCUT2D eigenvalue weighted by molar-refractivity contribution is 0.276. The second-order valence-corrected chi connectivity index (χ2v) is 11.4. The molecule has 36 heavy (non-hydrogen) atoms. The molecule has 0 bridgehead atoms. The molecule has 1 aliphatic rings. The normalized spacial score (nSPS) is 13.9. The van der Waals surface area contributed by atoms with Gasteiger partial charge in [-0.25, -0.2) is 9.18 Å². The first-order valence-electron chi connectivity index (χ1n) is 12.3. The molecule has 0 atom stereocenters. The molecule has 0 spiro atoms. The molecular formula is C27H31FN4O3S. The molecule has 5 rings (SSSR count). The van der Waals surface area contributed by atoms with E-state index in [1.54, 1.807) is 16.7 Å². The van der Waals surface area contributed by atoms with Crippen molar-refractivity contribution in [2.24, 2.45) is 5.92 Å². The summed E-state index contributed by atoms with van der Waals surface area (Å²) >= 11 is 1.38. The minimum absolute atomic E-state index is 0.113. The molecule has 0 unspecified atom stereocenters. The van der Waals surface area contributed by atoms with Crippen LogP contribution < -0.4 is 11.2 Å². The number of halogens is 1. The Morgan fingerprint density at radius 2 is 1.94 bits per heavy atom. The summed E-state index contributed by atoms with van der Waals surface area (Å²) in [4.78, 5) is 28.8. The summed E-state index contributed by atoms with van der Waals surface area (Å²) in [6.07, 6.45) is 2.02. The predicted molar refractivity (Wildman–Crippen MR) is 140 cm³/mol. The van der Waals surface area contributed by atoms with Gasteiger partial charge in [0.05, 0.1) is 17.7 Å². The maximum Gasteiger partial charge on any atom is 0.332 e. The largest absolute Gasteiger partial charge is 0.392 e.